The van der Waals surface area contributed by atoms with Crippen LogP contribution in [0.25, 0.3) is 6.08 Å². The zero-order valence-corrected chi connectivity index (χ0v) is 15.1. The first-order chi connectivity index (χ1) is 13.4. The van der Waals surface area contributed by atoms with Crippen molar-refractivity contribution in [1.29, 1.82) is 0 Å². The van der Waals surface area contributed by atoms with Gasteiger partial charge in [0, 0.05) is 11.6 Å². The SMILES string of the molecule is COC(=O)/C=C/c1ccc2c(c1)O[C@@H](C(=O)OC)[C@H](c1ccc(O)c(O)c1)O2. The number of phenolic OH excluding ortho intramolecular Hbond substituents is 2. The monoisotopic (exact) mass is 386 g/mol. The summed E-state index contributed by atoms with van der Waals surface area (Å²) in [5.41, 5.74) is 1.06. The van der Waals surface area contributed by atoms with Crippen molar-refractivity contribution >= 4 is 18.0 Å². The quantitative estimate of drug-likeness (QED) is 0.468. The number of methoxy groups -OCH3 is 2. The van der Waals surface area contributed by atoms with Crippen molar-refractivity contribution in [3.05, 3.63) is 53.6 Å². The van der Waals surface area contributed by atoms with Crippen molar-refractivity contribution < 1.29 is 38.7 Å². The molecule has 2 aromatic carbocycles. The first-order valence-electron chi connectivity index (χ1n) is 8.26. The molecular weight excluding hydrogens is 368 g/mol. The van der Waals surface area contributed by atoms with Crippen molar-refractivity contribution in [2.75, 3.05) is 14.2 Å². The minimum Gasteiger partial charge on any atom is -0.504 e. The normalized spacial score (nSPS) is 17.9. The van der Waals surface area contributed by atoms with Gasteiger partial charge in [-0.25, -0.2) is 9.59 Å². The fourth-order valence-electron chi connectivity index (χ4n) is 2.70. The number of esters is 2. The van der Waals surface area contributed by atoms with Crippen LogP contribution >= 0.6 is 0 Å². The maximum absolute atomic E-state index is 12.2. The maximum Gasteiger partial charge on any atom is 0.351 e. The van der Waals surface area contributed by atoms with E-state index in [1.807, 2.05) is 0 Å². The van der Waals surface area contributed by atoms with Crippen LogP contribution < -0.4 is 9.47 Å². The summed E-state index contributed by atoms with van der Waals surface area (Å²) in [6, 6.07) is 9.03. The Morgan fingerprint density at radius 3 is 2.43 bits per heavy atom. The number of ether oxygens (including phenoxy) is 4. The minimum absolute atomic E-state index is 0.293. The molecule has 2 aromatic rings. The van der Waals surface area contributed by atoms with E-state index < -0.39 is 24.1 Å². The van der Waals surface area contributed by atoms with Crippen molar-refractivity contribution in [3.63, 3.8) is 0 Å². The van der Waals surface area contributed by atoms with Gasteiger partial charge in [-0.3, -0.25) is 0 Å². The van der Waals surface area contributed by atoms with Gasteiger partial charge in [0.15, 0.2) is 29.1 Å². The van der Waals surface area contributed by atoms with Gasteiger partial charge in [0.2, 0.25) is 6.10 Å². The lowest BCUT2D eigenvalue weighted by molar-refractivity contribution is -0.155. The van der Waals surface area contributed by atoms with Crippen LogP contribution in [-0.4, -0.2) is 42.5 Å². The molecule has 0 amide bonds. The van der Waals surface area contributed by atoms with E-state index in [0.29, 0.717) is 22.6 Å². The number of phenols is 2. The van der Waals surface area contributed by atoms with Crippen LogP contribution in [0, 0.1) is 0 Å². The molecule has 8 heteroatoms. The van der Waals surface area contributed by atoms with Crippen LogP contribution in [0.1, 0.15) is 17.2 Å². The minimum atomic E-state index is -1.14. The Bertz CT molecular complexity index is 934. The van der Waals surface area contributed by atoms with E-state index in [1.165, 1.54) is 44.6 Å². The van der Waals surface area contributed by atoms with Gasteiger partial charge in [-0.1, -0.05) is 12.1 Å². The predicted octanol–water partition coefficient (Wildman–Crippen LogP) is 2.34. The Labute approximate surface area is 160 Å². The number of benzene rings is 2. The lowest BCUT2D eigenvalue weighted by atomic mass is 10.0. The second kappa shape index (κ2) is 7.91. The smallest absolute Gasteiger partial charge is 0.351 e. The Kier molecular flexibility index (Phi) is 5.39. The molecule has 0 unspecified atom stereocenters. The number of carbonyl (C=O) groups excluding carboxylic acids is 2. The van der Waals surface area contributed by atoms with E-state index in [1.54, 1.807) is 18.2 Å². The van der Waals surface area contributed by atoms with Crippen LogP contribution in [0.4, 0.5) is 0 Å². The summed E-state index contributed by atoms with van der Waals surface area (Å²) in [4.78, 5) is 23.5. The molecule has 0 spiro atoms. The third kappa shape index (κ3) is 3.85. The van der Waals surface area contributed by atoms with Gasteiger partial charge in [0.25, 0.3) is 0 Å². The molecule has 0 saturated carbocycles. The molecule has 0 aromatic heterocycles. The van der Waals surface area contributed by atoms with Gasteiger partial charge in [-0.05, 0) is 35.9 Å². The molecule has 0 saturated heterocycles. The molecule has 0 bridgehead atoms. The van der Waals surface area contributed by atoms with E-state index in [4.69, 9.17) is 14.2 Å². The molecule has 1 aliphatic heterocycles. The molecule has 3 rings (SSSR count). The highest BCUT2D eigenvalue weighted by Gasteiger charge is 2.39. The first-order valence-corrected chi connectivity index (χ1v) is 8.26. The summed E-state index contributed by atoms with van der Waals surface area (Å²) >= 11 is 0. The summed E-state index contributed by atoms with van der Waals surface area (Å²) in [6.07, 6.45) is 0.752. The number of carbonyl (C=O) groups is 2. The molecule has 0 radical (unpaired) electrons. The molecular formula is C20H18O8. The van der Waals surface area contributed by atoms with Crippen LogP contribution in [0.2, 0.25) is 0 Å². The van der Waals surface area contributed by atoms with Crippen molar-refractivity contribution in [3.8, 4) is 23.0 Å². The predicted molar refractivity (Wildman–Crippen MR) is 97.1 cm³/mol. The molecule has 0 fully saturated rings. The highest BCUT2D eigenvalue weighted by molar-refractivity contribution is 5.87. The standard InChI is InChI=1S/C20H18O8/c1-25-17(23)8-4-11-3-7-15-16(9-11)28-19(20(24)26-2)18(27-15)12-5-6-13(21)14(22)10-12/h3-10,18-19,21-22H,1-2H3/b8-4+/t18-,19+/m0/s1. The van der Waals surface area contributed by atoms with Gasteiger partial charge < -0.3 is 29.2 Å². The Morgan fingerprint density at radius 1 is 0.964 bits per heavy atom. The van der Waals surface area contributed by atoms with Crippen molar-refractivity contribution in [2.45, 2.75) is 12.2 Å². The first kappa shape index (κ1) is 19.1. The van der Waals surface area contributed by atoms with E-state index in [-0.39, 0.29) is 11.5 Å². The van der Waals surface area contributed by atoms with Gasteiger partial charge in [0.05, 0.1) is 14.2 Å². The highest BCUT2D eigenvalue weighted by Crippen LogP contribution is 2.42. The number of aromatic hydroxyl groups is 2. The van der Waals surface area contributed by atoms with Gasteiger partial charge >= 0.3 is 11.9 Å². The van der Waals surface area contributed by atoms with Gasteiger partial charge in [-0.15, -0.1) is 0 Å². The molecule has 0 aliphatic carbocycles. The molecule has 28 heavy (non-hydrogen) atoms. The van der Waals surface area contributed by atoms with E-state index >= 15 is 0 Å². The second-order valence-corrected chi connectivity index (χ2v) is 5.91. The summed E-state index contributed by atoms with van der Waals surface area (Å²) in [7, 11) is 2.50. The number of fused-ring (bicyclic) bond motifs is 1. The van der Waals surface area contributed by atoms with E-state index in [2.05, 4.69) is 4.74 Å². The third-order valence-corrected chi connectivity index (χ3v) is 4.13. The third-order valence-electron chi connectivity index (χ3n) is 4.13. The summed E-state index contributed by atoms with van der Waals surface area (Å²) in [5.74, 6) is -1.15. The molecule has 2 N–H and O–H groups in total. The second-order valence-electron chi connectivity index (χ2n) is 5.91. The molecule has 1 heterocycles. The van der Waals surface area contributed by atoms with Gasteiger partial charge in [-0.2, -0.15) is 0 Å². The zero-order valence-electron chi connectivity index (χ0n) is 15.1. The van der Waals surface area contributed by atoms with Crippen LogP contribution in [-0.2, 0) is 19.1 Å². The molecule has 146 valence electrons. The maximum atomic E-state index is 12.2. The lowest BCUT2D eigenvalue weighted by Crippen LogP contribution is -2.40. The number of hydrogen-bond donors (Lipinski definition) is 2. The lowest BCUT2D eigenvalue weighted by Gasteiger charge is -2.32. The topological polar surface area (TPSA) is 112 Å². The van der Waals surface area contributed by atoms with Crippen LogP contribution in [0.5, 0.6) is 23.0 Å². The van der Waals surface area contributed by atoms with Crippen molar-refractivity contribution in [2.24, 2.45) is 0 Å². The molecule has 8 nitrogen and oxygen atoms in total. The van der Waals surface area contributed by atoms with Crippen LogP contribution in [0.15, 0.2) is 42.5 Å². The largest absolute Gasteiger partial charge is 0.504 e. The Hall–Kier alpha value is -3.68. The molecule has 2 atom stereocenters. The summed E-state index contributed by atoms with van der Waals surface area (Å²) < 4.78 is 21.1. The molecule has 1 aliphatic rings. The zero-order chi connectivity index (χ0) is 20.3. The average Bonchev–Trinajstić information content (AvgIpc) is 2.72. The van der Waals surface area contributed by atoms with Crippen LogP contribution in [0.3, 0.4) is 0 Å². The fraction of sp³-hybridized carbons (Fsp3) is 0.200. The summed E-state index contributed by atoms with van der Waals surface area (Å²) in [6.45, 7) is 0. The highest BCUT2D eigenvalue weighted by atomic mass is 16.6. The fourth-order valence-corrected chi connectivity index (χ4v) is 2.70. The number of rotatable bonds is 4. The van der Waals surface area contributed by atoms with Crippen molar-refractivity contribution in [1.82, 2.24) is 0 Å². The van der Waals surface area contributed by atoms with Gasteiger partial charge in [0.1, 0.15) is 0 Å². The average molecular weight is 386 g/mol. The summed E-state index contributed by atoms with van der Waals surface area (Å²) in [5, 5.41) is 19.3. The number of hydrogen-bond acceptors (Lipinski definition) is 8. The van der Waals surface area contributed by atoms with E-state index in [9.17, 15) is 19.8 Å². The Morgan fingerprint density at radius 2 is 1.75 bits per heavy atom. The van der Waals surface area contributed by atoms with E-state index in [0.717, 1.165) is 0 Å². The Balaban J connectivity index is 1.95.